The lowest BCUT2D eigenvalue weighted by Gasteiger charge is -2.25. The van der Waals surface area contributed by atoms with Gasteiger partial charge in [0, 0.05) is 10.9 Å². The third kappa shape index (κ3) is 4.29. The van der Waals surface area contributed by atoms with Crippen LogP contribution in [0.4, 0.5) is 5.69 Å². The molecule has 2 aliphatic rings. The first-order valence-corrected chi connectivity index (χ1v) is 12.1. The van der Waals surface area contributed by atoms with E-state index in [1.165, 1.54) is 18.9 Å². The van der Waals surface area contributed by atoms with Crippen molar-refractivity contribution in [2.45, 2.75) is 17.7 Å². The Morgan fingerprint density at radius 2 is 2.00 bits per heavy atom. The van der Waals surface area contributed by atoms with E-state index < -0.39 is 9.84 Å². The topological polar surface area (TPSA) is 76.0 Å². The number of amides is 1. The highest BCUT2D eigenvalue weighted by Crippen LogP contribution is 2.42. The van der Waals surface area contributed by atoms with Crippen LogP contribution in [-0.4, -0.2) is 49.4 Å². The summed E-state index contributed by atoms with van der Waals surface area (Å²) in [5.41, 5.74) is 1.57. The molecular weight excluding hydrogens is 432 g/mol. The second-order valence-electron chi connectivity index (χ2n) is 6.94. The summed E-state index contributed by atoms with van der Waals surface area (Å²) in [7, 11) is -1.60. The van der Waals surface area contributed by atoms with Crippen LogP contribution in [-0.2, 0) is 21.1 Å². The standard InChI is InChI=1S/C20H19ClN2O4S2/c1-27-17-8-7-14(10-15(17)21)23-16-11-29(25,26)12-18(16)28-20(23)22-19(24)9-13-5-3-2-4-6-13/h2-8,10,16,18H,9,11-12H2,1H3/t16-,18+/m1/s1. The maximum absolute atomic E-state index is 12.6. The summed E-state index contributed by atoms with van der Waals surface area (Å²) in [5.74, 6) is 0.358. The smallest absolute Gasteiger partial charge is 0.252 e. The first-order chi connectivity index (χ1) is 13.9. The monoisotopic (exact) mass is 450 g/mol. The van der Waals surface area contributed by atoms with E-state index in [1.54, 1.807) is 18.2 Å². The number of anilines is 1. The molecular formula is C20H19ClN2O4S2. The van der Waals surface area contributed by atoms with Gasteiger partial charge in [-0.1, -0.05) is 53.7 Å². The van der Waals surface area contributed by atoms with Crippen LogP contribution in [0.15, 0.2) is 53.5 Å². The van der Waals surface area contributed by atoms with Gasteiger partial charge in [0.25, 0.3) is 5.91 Å². The molecule has 0 aromatic heterocycles. The molecule has 2 aromatic carbocycles. The highest BCUT2D eigenvalue weighted by molar-refractivity contribution is 8.16. The largest absolute Gasteiger partial charge is 0.495 e. The molecule has 0 bridgehead atoms. The SMILES string of the molecule is COc1ccc(N2C(=NC(=O)Cc3ccccc3)S[C@H]3CS(=O)(=O)C[C@H]32)cc1Cl. The van der Waals surface area contributed by atoms with E-state index in [0.29, 0.717) is 21.6 Å². The summed E-state index contributed by atoms with van der Waals surface area (Å²) >= 11 is 7.63. The molecule has 0 N–H and O–H groups in total. The lowest BCUT2D eigenvalue weighted by Crippen LogP contribution is -2.37. The van der Waals surface area contributed by atoms with E-state index in [0.717, 1.165) is 5.56 Å². The Morgan fingerprint density at radius 1 is 1.24 bits per heavy atom. The lowest BCUT2D eigenvalue weighted by atomic mass is 10.1. The summed E-state index contributed by atoms with van der Waals surface area (Å²) in [6, 6.07) is 14.4. The third-order valence-electron chi connectivity index (χ3n) is 4.90. The highest BCUT2D eigenvalue weighted by Gasteiger charge is 2.49. The van der Waals surface area contributed by atoms with Crippen molar-refractivity contribution in [3.8, 4) is 5.75 Å². The first kappa shape index (κ1) is 20.3. The lowest BCUT2D eigenvalue weighted by molar-refractivity contribution is -0.117. The van der Waals surface area contributed by atoms with E-state index in [1.807, 2.05) is 35.2 Å². The van der Waals surface area contributed by atoms with Crippen molar-refractivity contribution in [2.24, 2.45) is 4.99 Å². The number of thioether (sulfide) groups is 1. The molecule has 0 saturated carbocycles. The van der Waals surface area contributed by atoms with Crippen LogP contribution in [0.5, 0.6) is 5.75 Å². The van der Waals surface area contributed by atoms with Gasteiger partial charge in [0.15, 0.2) is 15.0 Å². The van der Waals surface area contributed by atoms with Gasteiger partial charge in [0.1, 0.15) is 5.75 Å². The number of hydrogen-bond donors (Lipinski definition) is 0. The van der Waals surface area contributed by atoms with Crippen LogP contribution >= 0.6 is 23.4 Å². The fourth-order valence-electron chi connectivity index (χ4n) is 3.59. The molecule has 1 amide bonds. The molecule has 2 saturated heterocycles. The average molecular weight is 451 g/mol. The summed E-state index contributed by atoms with van der Waals surface area (Å²) in [6.07, 6.45) is 0.190. The van der Waals surface area contributed by atoms with Crippen molar-refractivity contribution in [3.63, 3.8) is 0 Å². The number of rotatable bonds is 4. The van der Waals surface area contributed by atoms with E-state index in [9.17, 15) is 13.2 Å². The van der Waals surface area contributed by atoms with Crippen molar-refractivity contribution in [3.05, 3.63) is 59.1 Å². The predicted molar refractivity (Wildman–Crippen MR) is 117 cm³/mol. The molecule has 6 nitrogen and oxygen atoms in total. The van der Waals surface area contributed by atoms with Crippen molar-refractivity contribution in [2.75, 3.05) is 23.5 Å². The fourth-order valence-corrected chi connectivity index (χ4v) is 7.77. The number of halogens is 1. The van der Waals surface area contributed by atoms with Crippen molar-refractivity contribution < 1.29 is 17.9 Å². The number of aliphatic imine (C=N–C) groups is 1. The van der Waals surface area contributed by atoms with Crippen LogP contribution in [0.2, 0.25) is 5.02 Å². The van der Waals surface area contributed by atoms with Gasteiger partial charge in [-0.15, -0.1) is 0 Å². The molecule has 2 aromatic rings. The Balaban J connectivity index is 1.67. The van der Waals surface area contributed by atoms with Crippen LogP contribution in [0.3, 0.4) is 0 Å². The minimum absolute atomic E-state index is 0.0280. The zero-order chi connectivity index (χ0) is 20.6. The predicted octanol–water partition coefficient (Wildman–Crippen LogP) is 3.19. The number of methoxy groups -OCH3 is 1. The van der Waals surface area contributed by atoms with Gasteiger partial charge < -0.3 is 9.64 Å². The van der Waals surface area contributed by atoms with Crippen molar-refractivity contribution in [1.29, 1.82) is 0 Å². The quantitative estimate of drug-likeness (QED) is 0.712. The van der Waals surface area contributed by atoms with Gasteiger partial charge in [-0.2, -0.15) is 4.99 Å². The Bertz CT molecular complexity index is 1070. The summed E-state index contributed by atoms with van der Waals surface area (Å²) in [6.45, 7) is 0. The summed E-state index contributed by atoms with van der Waals surface area (Å²) in [4.78, 5) is 18.7. The van der Waals surface area contributed by atoms with Gasteiger partial charge in [0.2, 0.25) is 0 Å². The van der Waals surface area contributed by atoms with E-state index >= 15 is 0 Å². The van der Waals surface area contributed by atoms with Crippen LogP contribution in [0.1, 0.15) is 5.56 Å². The second-order valence-corrected chi connectivity index (χ2v) is 10.7. The minimum Gasteiger partial charge on any atom is -0.495 e. The molecule has 4 rings (SSSR count). The second kappa shape index (κ2) is 8.01. The van der Waals surface area contributed by atoms with Crippen LogP contribution in [0, 0.1) is 0 Å². The van der Waals surface area contributed by atoms with Crippen LogP contribution < -0.4 is 9.64 Å². The molecule has 9 heteroatoms. The Morgan fingerprint density at radius 3 is 2.69 bits per heavy atom. The van der Waals surface area contributed by atoms with Gasteiger partial charge >= 0.3 is 0 Å². The first-order valence-electron chi connectivity index (χ1n) is 9.01. The highest BCUT2D eigenvalue weighted by atomic mass is 35.5. The Hall–Kier alpha value is -2.03. The zero-order valence-corrected chi connectivity index (χ0v) is 18.0. The molecule has 0 unspecified atom stereocenters. The summed E-state index contributed by atoms with van der Waals surface area (Å²) in [5, 5.41) is 0.760. The number of amidine groups is 1. The normalized spacial score (nSPS) is 23.9. The van der Waals surface area contributed by atoms with E-state index in [4.69, 9.17) is 16.3 Å². The van der Waals surface area contributed by atoms with Crippen molar-refractivity contribution >= 4 is 50.0 Å². The Kier molecular flexibility index (Phi) is 5.59. The molecule has 0 aliphatic carbocycles. The summed E-state index contributed by atoms with van der Waals surface area (Å²) < 4.78 is 29.5. The number of carbonyl (C=O) groups excluding carboxylic acids is 1. The average Bonchev–Trinajstić information content (AvgIpc) is 3.13. The maximum atomic E-state index is 12.6. The van der Waals surface area contributed by atoms with Gasteiger partial charge in [-0.3, -0.25) is 4.79 Å². The number of fused-ring (bicyclic) bond motifs is 1. The number of carbonyl (C=O) groups is 1. The Labute approximate surface area is 178 Å². The number of sulfone groups is 1. The van der Waals surface area contributed by atoms with E-state index in [-0.39, 0.29) is 35.1 Å². The number of ether oxygens (including phenoxy) is 1. The number of nitrogens with zero attached hydrogens (tertiary/aromatic N) is 2. The van der Waals surface area contributed by atoms with E-state index in [2.05, 4.69) is 4.99 Å². The van der Waals surface area contributed by atoms with Gasteiger partial charge in [-0.05, 0) is 23.8 Å². The molecule has 152 valence electrons. The molecule has 2 atom stereocenters. The maximum Gasteiger partial charge on any atom is 0.252 e. The number of hydrogen-bond acceptors (Lipinski definition) is 5. The molecule has 2 aliphatic heterocycles. The molecule has 29 heavy (non-hydrogen) atoms. The molecule has 2 heterocycles. The minimum atomic E-state index is -3.13. The zero-order valence-electron chi connectivity index (χ0n) is 15.6. The third-order valence-corrected chi connectivity index (χ3v) is 8.40. The van der Waals surface area contributed by atoms with Gasteiger partial charge in [-0.25, -0.2) is 8.42 Å². The fraction of sp³-hybridized carbons (Fsp3) is 0.300. The van der Waals surface area contributed by atoms with Crippen LogP contribution in [0.25, 0.3) is 0 Å². The van der Waals surface area contributed by atoms with Crippen molar-refractivity contribution in [1.82, 2.24) is 0 Å². The molecule has 2 fully saturated rings. The molecule has 0 spiro atoms. The molecule has 0 radical (unpaired) electrons. The van der Waals surface area contributed by atoms with Gasteiger partial charge in [0.05, 0.1) is 36.1 Å². The number of benzene rings is 2.